The zero-order valence-corrected chi connectivity index (χ0v) is 18.9. The number of nitrogens with zero attached hydrogens (tertiary/aromatic N) is 1. The van der Waals surface area contributed by atoms with Crippen molar-refractivity contribution in [1.29, 1.82) is 0 Å². The van der Waals surface area contributed by atoms with Gasteiger partial charge in [-0.05, 0) is 53.8 Å². The van der Waals surface area contributed by atoms with Crippen molar-refractivity contribution >= 4 is 33.6 Å². The number of benzene rings is 3. The van der Waals surface area contributed by atoms with E-state index in [-0.39, 0.29) is 11.8 Å². The molecule has 0 aliphatic carbocycles. The van der Waals surface area contributed by atoms with E-state index in [1.165, 1.54) is 0 Å². The fourth-order valence-corrected chi connectivity index (χ4v) is 3.79. The molecule has 162 valence electrons. The van der Waals surface area contributed by atoms with Crippen LogP contribution in [-0.2, 0) is 23.2 Å². The van der Waals surface area contributed by atoms with Crippen molar-refractivity contribution < 1.29 is 17.4 Å². The molecule has 1 N–H and O–H groups in total. The second-order valence-corrected chi connectivity index (χ2v) is 9.39. The van der Waals surface area contributed by atoms with Crippen molar-refractivity contribution in [1.82, 2.24) is 4.90 Å². The summed E-state index contributed by atoms with van der Waals surface area (Å²) in [6.07, 6.45) is 3.00. The minimum absolute atomic E-state index is 0.225. The van der Waals surface area contributed by atoms with Gasteiger partial charge >= 0.3 is 16.1 Å². The summed E-state index contributed by atoms with van der Waals surface area (Å²) in [7, 11) is -3.58. The molecule has 0 aliphatic heterocycles. The number of hydrogen-bond acceptors (Lipinski definition) is 5. The number of nitrogens with one attached hydrogen (secondary N) is 1. The summed E-state index contributed by atoms with van der Waals surface area (Å²) >= 11 is 1.64. The molecule has 8 heteroatoms. The second-order valence-electron chi connectivity index (χ2n) is 6.93. The van der Waals surface area contributed by atoms with E-state index in [1.54, 1.807) is 40.9 Å². The highest BCUT2D eigenvalue weighted by atomic mass is 32.2. The summed E-state index contributed by atoms with van der Waals surface area (Å²) in [5.74, 6) is 0.235. The molecule has 0 bridgehead atoms. The molecule has 0 saturated heterocycles. The lowest BCUT2D eigenvalue weighted by Crippen LogP contribution is -2.34. The fourth-order valence-electron chi connectivity index (χ4n) is 2.93. The van der Waals surface area contributed by atoms with Crippen molar-refractivity contribution in [2.45, 2.75) is 18.0 Å². The van der Waals surface area contributed by atoms with Gasteiger partial charge in [-0.2, -0.15) is 8.42 Å². The highest BCUT2D eigenvalue weighted by Crippen LogP contribution is 2.20. The van der Waals surface area contributed by atoms with Gasteiger partial charge in [0.2, 0.25) is 0 Å². The van der Waals surface area contributed by atoms with Gasteiger partial charge in [0.05, 0.1) is 6.26 Å². The van der Waals surface area contributed by atoms with Crippen molar-refractivity contribution in [3.05, 3.63) is 90.0 Å². The van der Waals surface area contributed by atoms with Gasteiger partial charge in [-0.1, -0.05) is 42.5 Å². The van der Waals surface area contributed by atoms with E-state index in [2.05, 4.69) is 5.32 Å². The molecule has 0 aromatic heterocycles. The van der Waals surface area contributed by atoms with Crippen LogP contribution >= 0.6 is 11.8 Å². The maximum absolute atomic E-state index is 13.0. The van der Waals surface area contributed by atoms with E-state index in [9.17, 15) is 13.2 Å². The van der Waals surface area contributed by atoms with Crippen LogP contribution in [0, 0.1) is 0 Å². The highest BCUT2D eigenvalue weighted by Gasteiger charge is 2.15. The Labute approximate surface area is 187 Å². The summed E-state index contributed by atoms with van der Waals surface area (Å²) in [4.78, 5) is 15.9. The number of thioether (sulfide) groups is 1. The summed E-state index contributed by atoms with van der Waals surface area (Å²) in [6.45, 7) is 0.778. The summed E-state index contributed by atoms with van der Waals surface area (Å²) in [5, 5.41) is 2.95. The van der Waals surface area contributed by atoms with Crippen molar-refractivity contribution in [2.75, 3.05) is 17.8 Å². The molecule has 3 rings (SSSR count). The molecule has 3 aromatic rings. The largest absolute Gasteiger partial charge is 0.383 e. The number of carbonyl (C=O) groups is 1. The average molecular weight is 457 g/mol. The van der Waals surface area contributed by atoms with Crippen LogP contribution in [0.2, 0.25) is 0 Å². The smallest absolute Gasteiger partial charge is 0.322 e. The first kappa shape index (κ1) is 22.7. The van der Waals surface area contributed by atoms with Crippen LogP contribution < -0.4 is 9.50 Å². The Kier molecular flexibility index (Phi) is 7.59. The molecule has 0 heterocycles. The van der Waals surface area contributed by atoms with Crippen molar-refractivity contribution in [2.24, 2.45) is 0 Å². The molecular weight excluding hydrogens is 432 g/mol. The molecule has 2 amide bonds. The SMILES string of the molecule is CSc1ccc(NC(=O)N(Cc2ccccc2)Cc2ccc(OS(C)(=O)=O)cc2)cc1. The normalized spacial score (nSPS) is 11.0. The molecule has 0 aliphatic rings. The summed E-state index contributed by atoms with van der Waals surface area (Å²) in [5.41, 5.74) is 2.58. The molecule has 0 radical (unpaired) electrons. The van der Waals surface area contributed by atoms with Crippen molar-refractivity contribution in [3.8, 4) is 5.75 Å². The molecule has 0 unspecified atom stereocenters. The van der Waals surface area contributed by atoms with Crippen LogP contribution in [0.5, 0.6) is 5.75 Å². The molecule has 31 heavy (non-hydrogen) atoms. The van der Waals surface area contributed by atoms with Crippen LogP contribution in [0.25, 0.3) is 0 Å². The Morgan fingerprint density at radius 3 is 2.03 bits per heavy atom. The Hall–Kier alpha value is -2.97. The van der Waals surface area contributed by atoms with E-state index in [4.69, 9.17) is 4.18 Å². The van der Waals surface area contributed by atoms with Gasteiger partial charge in [0, 0.05) is 23.7 Å². The number of urea groups is 1. The van der Waals surface area contributed by atoms with Crippen LogP contribution in [0.1, 0.15) is 11.1 Å². The van der Waals surface area contributed by atoms with Gasteiger partial charge in [-0.15, -0.1) is 11.8 Å². The van der Waals surface area contributed by atoms with Crippen LogP contribution in [0.15, 0.2) is 83.8 Å². The van der Waals surface area contributed by atoms with E-state index in [0.717, 1.165) is 28.0 Å². The zero-order chi connectivity index (χ0) is 22.3. The first-order valence-electron chi connectivity index (χ1n) is 9.55. The van der Waals surface area contributed by atoms with Gasteiger partial charge in [-0.3, -0.25) is 0 Å². The van der Waals surface area contributed by atoms with E-state index < -0.39 is 10.1 Å². The zero-order valence-electron chi connectivity index (χ0n) is 17.3. The van der Waals surface area contributed by atoms with Gasteiger partial charge < -0.3 is 14.4 Å². The molecule has 0 fully saturated rings. The molecule has 0 saturated carbocycles. The van der Waals surface area contributed by atoms with Gasteiger partial charge in [0.25, 0.3) is 0 Å². The van der Waals surface area contributed by atoms with Gasteiger partial charge in [0.15, 0.2) is 0 Å². The number of carbonyl (C=O) groups excluding carboxylic acids is 1. The standard InChI is InChI=1S/C23H24N2O4S2/c1-30-22-14-10-20(11-15-22)24-23(26)25(16-18-6-4-3-5-7-18)17-19-8-12-21(13-9-19)29-31(2,27)28/h3-15H,16-17H2,1-2H3,(H,24,26). The topological polar surface area (TPSA) is 75.7 Å². The monoisotopic (exact) mass is 456 g/mol. The number of hydrogen-bond donors (Lipinski definition) is 1. The molecule has 0 atom stereocenters. The van der Waals surface area contributed by atoms with Crippen LogP contribution in [0.4, 0.5) is 10.5 Å². The Morgan fingerprint density at radius 2 is 1.48 bits per heavy atom. The third-order valence-electron chi connectivity index (χ3n) is 4.39. The minimum atomic E-state index is -3.58. The number of amides is 2. The van der Waals surface area contributed by atoms with Crippen molar-refractivity contribution in [3.63, 3.8) is 0 Å². The third kappa shape index (κ3) is 7.34. The lowest BCUT2D eigenvalue weighted by Gasteiger charge is -2.24. The van der Waals surface area contributed by atoms with Gasteiger partial charge in [0.1, 0.15) is 5.75 Å². The quantitative estimate of drug-likeness (QED) is 0.382. The molecular formula is C23H24N2O4S2. The minimum Gasteiger partial charge on any atom is -0.383 e. The maximum Gasteiger partial charge on any atom is 0.322 e. The fraction of sp³-hybridized carbons (Fsp3) is 0.174. The van der Waals surface area contributed by atoms with Gasteiger partial charge in [-0.25, -0.2) is 4.79 Å². The first-order valence-corrected chi connectivity index (χ1v) is 12.6. The Morgan fingerprint density at radius 1 is 0.903 bits per heavy atom. The number of anilines is 1. The molecule has 0 spiro atoms. The average Bonchev–Trinajstić information content (AvgIpc) is 2.75. The predicted molar refractivity (Wildman–Crippen MR) is 125 cm³/mol. The Balaban J connectivity index is 1.76. The third-order valence-corrected chi connectivity index (χ3v) is 5.63. The van der Waals surface area contributed by atoms with Crippen LogP contribution in [0.3, 0.4) is 0 Å². The van der Waals surface area contributed by atoms with E-state index in [0.29, 0.717) is 13.1 Å². The lowest BCUT2D eigenvalue weighted by molar-refractivity contribution is 0.206. The maximum atomic E-state index is 13.0. The highest BCUT2D eigenvalue weighted by molar-refractivity contribution is 7.98. The van der Waals surface area contributed by atoms with Crippen LogP contribution in [-0.4, -0.2) is 31.9 Å². The molecule has 3 aromatic carbocycles. The number of rotatable bonds is 8. The second kappa shape index (κ2) is 10.4. The predicted octanol–water partition coefficient (Wildman–Crippen LogP) is 4.98. The molecule has 6 nitrogen and oxygen atoms in total. The summed E-state index contributed by atoms with van der Waals surface area (Å²) < 4.78 is 27.5. The first-order chi connectivity index (χ1) is 14.8. The van der Waals surface area contributed by atoms with E-state index >= 15 is 0 Å². The summed E-state index contributed by atoms with van der Waals surface area (Å²) in [6, 6.07) is 23.8. The lowest BCUT2D eigenvalue weighted by atomic mass is 10.1. The van der Waals surface area contributed by atoms with E-state index in [1.807, 2.05) is 60.9 Å². The Bertz CT molecular complexity index is 1100.